The Morgan fingerprint density at radius 2 is 1.87 bits per heavy atom. The van der Waals surface area contributed by atoms with Gasteiger partial charge in [0.1, 0.15) is 0 Å². The summed E-state index contributed by atoms with van der Waals surface area (Å²) in [5.74, 6) is 0. The van der Waals surface area contributed by atoms with Crippen molar-refractivity contribution in [3.8, 4) is 0 Å². The second kappa shape index (κ2) is 3.83. The second-order valence-electron chi connectivity index (χ2n) is 3.56. The molecule has 5 heteroatoms. The average Bonchev–Trinajstić information content (AvgIpc) is 3.01. The van der Waals surface area contributed by atoms with Crippen molar-refractivity contribution in [3.05, 3.63) is 29.8 Å². The Labute approximate surface area is 90.1 Å². The number of hydrogen-bond acceptors (Lipinski definition) is 2. The monoisotopic (exact) mass is 226 g/mol. The van der Waals surface area contributed by atoms with Crippen molar-refractivity contribution < 1.29 is 8.42 Å². The minimum Gasteiger partial charge on any atom is -0.271 e. The van der Waals surface area contributed by atoms with Crippen LogP contribution in [0.15, 0.2) is 24.3 Å². The van der Waals surface area contributed by atoms with Gasteiger partial charge in [-0.15, -0.1) is 0 Å². The summed E-state index contributed by atoms with van der Waals surface area (Å²) < 4.78 is 27.0. The van der Waals surface area contributed by atoms with E-state index >= 15 is 0 Å². The number of aryl methyl sites for hydroxylation is 1. The number of rotatable bonds is 4. The van der Waals surface area contributed by atoms with Gasteiger partial charge in [0.05, 0.1) is 0 Å². The summed E-state index contributed by atoms with van der Waals surface area (Å²) in [5.41, 5.74) is 1.82. The van der Waals surface area contributed by atoms with Crippen LogP contribution in [0.25, 0.3) is 0 Å². The fraction of sp³-hybridized carbons (Fsp3) is 0.400. The zero-order chi connectivity index (χ0) is 10.9. The Morgan fingerprint density at radius 1 is 1.27 bits per heavy atom. The van der Waals surface area contributed by atoms with E-state index in [1.807, 2.05) is 12.1 Å². The molecule has 2 rings (SSSR count). The lowest BCUT2D eigenvalue weighted by Gasteiger charge is -2.07. The molecule has 1 aromatic rings. The molecule has 1 aliphatic heterocycles. The highest BCUT2D eigenvalue weighted by atomic mass is 32.2. The first-order valence-corrected chi connectivity index (χ1v) is 6.42. The van der Waals surface area contributed by atoms with Gasteiger partial charge in [-0.05, 0) is 24.1 Å². The lowest BCUT2D eigenvalue weighted by molar-refractivity contribution is 0.569. The molecule has 1 aliphatic rings. The average molecular weight is 226 g/mol. The van der Waals surface area contributed by atoms with Crippen molar-refractivity contribution in [2.75, 3.05) is 17.8 Å². The minimum absolute atomic E-state index is 0.624. The standard InChI is InChI=1S/C10H14N2O2S/c1-2-9-3-5-10(6-4-9)11-15(13,14)12-7-8-12/h3-6,11H,2,7-8H2,1H3. The fourth-order valence-corrected chi connectivity index (χ4v) is 2.43. The maximum Gasteiger partial charge on any atom is 0.301 e. The zero-order valence-electron chi connectivity index (χ0n) is 8.60. The Balaban J connectivity index is 2.10. The van der Waals surface area contributed by atoms with Crippen molar-refractivity contribution in [3.63, 3.8) is 0 Å². The predicted molar refractivity (Wildman–Crippen MR) is 59.9 cm³/mol. The Hall–Kier alpha value is -1.07. The molecule has 4 nitrogen and oxygen atoms in total. The van der Waals surface area contributed by atoms with Crippen LogP contribution in [0.2, 0.25) is 0 Å². The SMILES string of the molecule is CCc1ccc(NS(=O)(=O)N2CC2)cc1. The minimum atomic E-state index is -3.28. The van der Waals surface area contributed by atoms with E-state index in [-0.39, 0.29) is 0 Å². The zero-order valence-corrected chi connectivity index (χ0v) is 9.42. The van der Waals surface area contributed by atoms with E-state index in [0.717, 1.165) is 6.42 Å². The molecule has 0 amide bonds. The first-order chi connectivity index (χ1) is 7.12. The number of anilines is 1. The third-order valence-corrected chi connectivity index (χ3v) is 3.89. The predicted octanol–water partition coefficient (Wildman–Crippen LogP) is 1.22. The van der Waals surface area contributed by atoms with Gasteiger partial charge in [-0.25, -0.2) is 0 Å². The maximum atomic E-state index is 11.5. The maximum absolute atomic E-state index is 11.5. The highest BCUT2D eigenvalue weighted by molar-refractivity contribution is 7.90. The van der Waals surface area contributed by atoms with E-state index in [4.69, 9.17) is 0 Å². The van der Waals surface area contributed by atoms with Crippen molar-refractivity contribution >= 4 is 15.9 Å². The number of hydrogen-bond donors (Lipinski definition) is 1. The molecule has 0 atom stereocenters. The molecular weight excluding hydrogens is 212 g/mol. The topological polar surface area (TPSA) is 49.2 Å². The van der Waals surface area contributed by atoms with Crippen LogP contribution < -0.4 is 4.72 Å². The summed E-state index contributed by atoms with van der Waals surface area (Å²) in [5, 5.41) is 0. The van der Waals surface area contributed by atoms with Gasteiger partial charge < -0.3 is 0 Å². The Morgan fingerprint density at radius 3 is 2.33 bits per heavy atom. The Kier molecular flexibility index (Phi) is 2.67. The molecule has 0 saturated carbocycles. The van der Waals surface area contributed by atoms with Crippen LogP contribution >= 0.6 is 0 Å². The van der Waals surface area contributed by atoms with E-state index in [1.54, 1.807) is 12.1 Å². The lowest BCUT2D eigenvalue weighted by Crippen LogP contribution is -2.20. The number of benzene rings is 1. The quantitative estimate of drug-likeness (QED) is 0.785. The molecule has 0 aromatic heterocycles. The molecule has 15 heavy (non-hydrogen) atoms. The van der Waals surface area contributed by atoms with Crippen molar-refractivity contribution in [2.24, 2.45) is 0 Å². The first-order valence-electron chi connectivity index (χ1n) is 4.98. The molecule has 1 heterocycles. The third kappa shape index (κ3) is 2.49. The third-order valence-electron chi connectivity index (χ3n) is 2.36. The Bertz CT molecular complexity index is 435. The van der Waals surface area contributed by atoms with E-state index in [1.165, 1.54) is 9.87 Å². The summed E-state index contributed by atoms with van der Waals surface area (Å²) in [6, 6.07) is 7.44. The van der Waals surface area contributed by atoms with Gasteiger partial charge in [-0.3, -0.25) is 4.72 Å². The fourth-order valence-electron chi connectivity index (χ4n) is 1.30. The van der Waals surface area contributed by atoms with E-state index in [9.17, 15) is 8.42 Å². The molecule has 82 valence electrons. The van der Waals surface area contributed by atoms with Crippen molar-refractivity contribution in [1.82, 2.24) is 4.31 Å². The molecule has 1 fully saturated rings. The van der Waals surface area contributed by atoms with Crippen LogP contribution in [0.1, 0.15) is 12.5 Å². The largest absolute Gasteiger partial charge is 0.301 e. The van der Waals surface area contributed by atoms with Crippen LogP contribution in [-0.4, -0.2) is 25.8 Å². The van der Waals surface area contributed by atoms with Crippen LogP contribution in [0, 0.1) is 0 Å². The molecule has 0 radical (unpaired) electrons. The molecule has 0 aliphatic carbocycles. The smallest absolute Gasteiger partial charge is 0.271 e. The van der Waals surface area contributed by atoms with E-state index < -0.39 is 10.2 Å². The van der Waals surface area contributed by atoms with Gasteiger partial charge in [0.15, 0.2) is 0 Å². The van der Waals surface area contributed by atoms with Crippen LogP contribution in [-0.2, 0) is 16.6 Å². The van der Waals surface area contributed by atoms with Gasteiger partial charge in [0.2, 0.25) is 0 Å². The molecule has 1 saturated heterocycles. The first kappa shape index (κ1) is 10.4. The van der Waals surface area contributed by atoms with Crippen LogP contribution in [0.5, 0.6) is 0 Å². The van der Waals surface area contributed by atoms with Gasteiger partial charge in [0.25, 0.3) is 0 Å². The molecule has 0 unspecified atom stereocenters. The van der Waals surface area contributed by atoms with Gasteiger partial charge >= 0.3 is 10.2 Å². The van der Waals surface area contributed by atoms with Crippen molar-refractivity contribution in [2.45, 2.75) is 13.3 Å². The van der Waals surface area contributed by atoms with Crippen LogP contribution in [0.4, 0.5) is 5.69 Å². The molecule has 1 N–H and O–H groups in total. The van der Waals surface area contributed by atoms with E-state index in [2.05, 4.69) is 11.6 Å². The van der Waals surface area contributed by atoms with Gasteiger partial charge in [0, 0.05) is 18.8 Å². The lowest BCUT2D eigenvalue weighted by atomic mass is 10.2. The molecule has 1 aromatic carbocycles. The van der Waals surface area contributed by atoms with Gasteiger partial charge in [-0.1, -0.05) is 19.1 Å². The summed E-state index contributed by atoms with van der Waals surface area (Å²) in [7, 11) is -3.28. The van der Waals surface area contributed by atoms with E-state index in [0.29, 0.717) is 18.8 Å². The van der Waals surface area contributed by atoms with Gasteiger partial charge in [-0.2, -0.15) is 12.7 Å². The summed E-state index contributed by atoms with van der Waals surface area (Å²) in [4.78, 5) is 0. The molecular formula is C10H14N2O2S. The summed E-state index contributed by atoms with van der Waals surface area (Å²) in [6.45, 7) is 3.32. The number of nitrogens with one attached hydrogen (secondary N) is 1. The van der Waals surface area contributed by atoms with Crippen LogP contribution in [0.3, 0.4) is 0 Å². The second-order valence-corrected chi connectivity index (χ2v) is 5.23. The number of nitrogens with zero attached hydrogens (tertiary/aromatic N) is 1. The molecule has 0 bridgehead atoms. The highest BCUT2D eigenvalue weighted by Crippen LogP contribution is 2.17. The normalized spacial score (nSPS) is 16.3. The van der Waals surface area contributed by atoms with Crippen molar-refractivity contribution in [1.29, 1.82) is 0 Å². The summed E-state index contributed by atoms with van der Waals surface area (Å²) >= 11 is 0. The summed E-state index contributed by atoms with van der Waals surface area (Å²) in [6.07, 6.45) is 0.957. The highest BCUT2D eigenvalue weighted by Gasteiger charge is 2.31. The molecule has 0 spiro atoms.